The average molecular weight is 280 g/mol. The van der Waals surface area contributed by atoms with E-state index in [0.29, 0.717) is 17.3 Å². The predicted molar refractivity (Wildman–Crippen MR) is 81.1 cm³/mol. The number of hydrogen-bond acceptors (Lipinski definition) is 5. The molecule has 1 heterocycles. The number of benzene rings is 1. The van der Waals surface area contributed by atoms with E-state index in [-0.39, 0.29) is 5.97 Å². The van der Waals surface area contributed by atoms with E-state index in [9.17, 15) is 4.79 Å². The first kappa shape index (κ1) is 14.1. The first-order valence-corrected chi connectivity index (χ1v) is 7.49. The van der Waals surface area contributed by atoms with Crippen LogP contribution >= 0.6 is 11.8 Å². The maximum Gasteiger partial charge on any atom is 0.340 e. The van der Waals surface area contributed by atoms with Crippen LogP contribution in [0.2, 0.25) is 0 Å². The minimum absolute atomic E-state index is 0.378. The number of nitrogen functional groups attached to an aromatic ring is 1. The number of aryl methyl sites for hydroxylation is 1. The Labute approximate surface area is 118 Å². The number of carbonyl (C=O) groups excluding carboxylic acids is 1. The molecule has 2 N–H and O–H groups in total. The van der Waals surface area contributed by atoms with Gasteiger partial charge in [-0.15, -0.1) is 0 Å². The first-order chi connectivity index (χ1) is 9.04. The molecule has 1 aromatic carbocycles. The van der Waals surface area contributed by atoms with Gasteiger partial charge in [0.2, 0.25) is 0 Å². The molecule has 0 radical (unpaired) electrons. The van der Waals surface area contributed by atoms with Gasteiger partial charge in [0.1, 0.15) is 0 Å². The molecule has 0 amide bonds. The van der Waals surface area contributed by atoms with Crippen LogP contribution in [0.15, 0.2) is 12.1 Å². The zero-order valence-corrected chi connectivity index (χ0v) is 12.4. The Bertz CT molecular complexity index is 485. The van der Waals surface area contributed by atoms with Gasteiger partial charge in [0.05, 0.1) is 12.7 Å². The summed E-state index contributed by atoms with van der Waals surface area (Å²) in [5, 5.41) is 0. The molecule has 19 heavy (non-hydrogen) atoms. The highest BCUT2D eigenvalue weighted by Crippen LogP contribution is 2.30. The van der Waals surface area contributed by atoms with Crippen LogP contribution in [0.3, 0.4) is 0 Å². The Kier molecular flexibility index (Phi) is 4.24. The maximum absolute atomic E-state index is 11.8. The number of thioether (sulfide) groups is 1. The van der Waals surface area contributed by atoms with Gasteiger partial charge >= 0.3 is 5.97 Å². The molecule has 4 nitrogen and oxygen atoms in total. The number of ether oxygens (including phenoxy) is 1. The number of rotatable bonds is 3. The van der Waals surface area contributed by atoms with Gasteiger partial charge in [-0.3, -0.25) is 0 Å². The lowest BCUT2D eigenvalue weighted by Crippen LogP contribution is -2.31. The van der Waals surface area contributed by atoms with Crippen LogP contribution in [-0.4, -0.2) is 37.7 Å². The highest BCUT2D eigenvalue weighted by Gasteiger charge is 2.22. The highest BCUT2D eigenvalue weighted by molar-refractivity contribution is 7.99. The van der Waals surface area contributed by atoms with E-state index in [4.69, 9.17) is 10.5 Å². The Morgan fingerprint density at radius 1 is 1.53 bits per heavy atom. The monoisotopic (exact) mass is 280 g/mol. The number of nitrogens with zero attached hydrogens (tertiary/aromatic N) is 1. The third kappa shape index (κ3) is 2.81. The Balaban J connectivity index is 2.35. The second-order valence-corrected chi connectivity index (χ2v) is 5.99. The first-order valence-electron chi connectivity index (χ1n) is 6.33. The van der Waals surface area contributed by atoms with Gasteiger partial charge in [-0.2, -0.15) is 11.8 Å². The van der Waals surface area contributed by atoms with Gasteiger partial charge in [-0.1, -0.05) is 0 Å². The zero-order chi connectivity index (χ0) is 14.0. The van der Waals surface area contributed by atoms with Crippen molar-refractivity contribution in [3.05, 3.63) is 23.3 Å². The van der Waals surface area contributed by atoms with Crippen molar-refractivity contribution in [2.75, 3.05) is 36.3 Å². The predicted octanol–water partition coefficient (Wildman–Crippen LogP) is 2.31. The summed E-state index contributed by atoms with van der Waals surface area (Å²) in [4.78, 5) is 14.0. The lowest BCUT2D eigenvalue weighted by molar-refractivity contribution is 0.0602. The smallest absolute Gasteiger partial charge is 0.340 e. The van der Waals surface area contributed by atoms with E-state index >= 15 is 0 Å². The molecular formula is C14H20N2O2S. The molecule has 1 atom stereocenters. The molecular weight excluding hydrogens is 260 g/mol. The summed E-state index contributed by atoms with van der Waals surface area (Å²) in [6.45, 7) is 1.92. The van der Waals surface area contributed by atoms with E-state index in [2.05, 4.69) is 11.9 Å². The topological polar surface area (TPSA) is 55.6 Å². The summed E-state index contributed by atoms with van der Waals surface area (Å²) in [7, 11) is 3.45. The van der Waals surface area contributed by atoms with Crippen molar-refractivity contribution in [2.24, 2.45) is 0 Å². The Hall–Kier alpha value is -1.36. The number of hydrogen-bond donors (Lipinski definition) is 1. The van der Waals surface area contributed by atoms with E-state index in [1.165, 1.54) is 19.3 Å². The van der Waals surface area contributed by atoms with Crippen molar-refractivity contribution >= 4 is 29.1 Å². The normalized spacial score (nSPS) is 18.4. The lowest BCUT2D eigenvalue weighted by Gasteiger charge is -2.27. The molecule has 1 unspecified atom stereocenters. The van der Waals surface area contributed by atoms with E-state index in [0.717, 1.165) is 17.0 Å². The van der Waals surface area contributed by atoms with E-state index in [1.54, 1.807) is 0 Å². The molecule has 0 saturated carbocycles. The number of carbonyl (C=O) groups is 1. The summed E-state index contributed by atoms with van der Waals surface area (Å²) in [6.07, 6.45) is 1.18. The fraction of sp³-hybridized carbons (Fsp3) is 0.500. The van der Waals surface area contributed by atoms with Gasteiger partial charge in [-0.05, 0) is 36.8 Å². The van der Waals surface area contributed by atoms with Crippen LogP contribution in [0.4, 0.5) is 11.4 Å². The second kappa shape index (κ2) is 5.74. The SMILES string of the molecule is COC(=O)c1cc(N(C)C2CCSC2)cc(C)c1N. The van der Waals surface area contributed by atoms with E-state index in [1.807, 2.05) is 30.8 Å². The third-order valence-electron chi connectivity index (χ3n) is 3.64. The highest BCUT2D eigenvalue weighted by atomic mass is 32.2. The molecule has 1 aromatic rings. The van der Waals surface area contributed by atoms with Crippen molar-refractivity contribution in [1.82, 2.24) is 0 Å². The molecule has 5 heteroatoms. The average Bonchev–Trinajstić information content (AvgIpc) is 2.94. The molecule has 2 rings (SSSR count). The quantitative estimate of drug-likeness (QED) is 0.680. The summed E-state index contributed by atoms with van der Waals surface area (Å²) >= 11 is 1.97. The standard InChI is InChI=1S/C14H20N2O2S/c1-9-6-11(16(2)10-4-5-19-8-10)7-12(13(9)15)14(17)18-3/h6-7,10H,4-5,8,15H2,1-3H3. The summed E-state index contributed by atoms with van der Waals surface area (Å²) < 4.78 is 4.79. The van der Waals surface area contributed by atoms with Crippen molar-refractivity contribution in [3.8, 4) is 0 Å². The second-order valence-electron chi connectivity index (χ2n) is 4.84. The molecule has 0 aromatic heterocycles. The van der Waals surface area contributed by atoms with Gasteiger partial charge in [0, 0.05) is 30.2 Å². The molecule has 1 aliphatic rings. The minimum Gasteiger partial charge on any atom is -0.465 e. The fourth-order valence-corrected chi connectivity index (χ4v) is 3.57. The molecule has 1 saturated heterocycles. The lowest BCUT2D eigenvalue weighted by atomic mass is 10.1. The minimum atomic E-state index is -0.378. The summed E-state index contributed by atoms with van der Waals surface area (Å²) in [5.41, 5.74) is 8.86. The third-order valence-corrected chi connectivity index (χ3v) is 4.78. The maximum atomic E-state index is 11.8. The van der Waals surface area contributed by atoms with Crippen LogP contribution in [0, 0.1) is 6.92 Å². The van der Waals surface area contributed by atoms with Crippen LogP contribution in [0.5, 0.6) is 0 Å². The van der Waals surface area contributed by atoms with Gasteiger partial charge in [0.15, 0.2) is 0 Å². The van der Waals surface area contributed by atoms with Crippen molar-refractivity contribution in [1.29, 1.82) is 0 Å². The van der Waals surface area contributed by atoms with Gasteiger partial charge in [-0.25, -0.2) is 4.79 Å². The van der Waals surface area contributed by atoms with Crippen molar-refractivity contribution in [2.45, 2.75) is 19.4 Å². The van der Waals surface area contributed by atoms with Crippen LogP contribution < -0.4 is 10.6 Å². The fourth-order valence-electron chi connectivity index (χ4n) is 2.30. The van der Waals surface area contributed by atoms with Crippen LogP contribution in [-0.2, 0) is 4.74 Å². The summed E-state index contributed by atoms with van der Waals surface area (Å²) in [6, 6.07) is 4.39. The number of methoxy groups -OCH3 is 1. The molecule has 0 aliphatic carbocycles. The van der Waals surface area contributed by atoms with Crippen molar-refractivity contribution < 1.29 is 9.53 Å². The largest absolute Gasteiger partial charge is 0.465 e. The number of nitrogens with two attached hydrogens (primary N) is 1. The molecule has 0 spiro atoms. The number of esters is 1. The van der Waals surface area contributed by atoms with Crippen LogP contribution in [0.25, 0.3) is 0 Å². The molecule has 0 bridgehead atoms. The van der Waals surface area contributed by atoms with E-state index < -0.39 is 0 Å². The van der Waals surface area contributed by atoms with Crippen molar-refractivity contribution in [3.63, 3.8) is 0 Å². The molecule has 1 aliphatic heterocycles. The molecule has 104 valence electrons. The van der Waals surface area contributed by atoms with Gasteiger partial charge in [0.25, 0.3) is 0 Å². The van der Waals surface area contributed by atoms with Gasteiger partial charge < -0.3 is 15.4 Å². The molecule has 1 fully saturated rings. The number of anilines is 2. The summed E-state index contributed by atoms with van der Waals surface area (Å²) in [5.74, 6) is 1.96. The Morgan fingerprint density at radius 3 is 2.84 bits per heavy atom. The zero-order valence-electron chi connectivity index (χ0n) is 11.6. The van der Waals surface area contributed by atoms with Crippen LogP contribution in [0.1, 0.15) is 22.3 Å². The Morgan fingerprint density at radius 2 is 2.26 bits per heavy atom.